The maximum Gasteiger partial charge on any atom is 0.259 e. The molecular weight excluding hydrogens is 288 g/mol. The molecule has 1 aromatic carbocycles. The quantitative estimate of drug-likeness (QED) is 0.850. The summed E-state index contributed by atoms with van der Waals surface area (Å²) in [7, 11) is 1.51. The number of nitrogens with zero attached hydrogens (tertiary/aromatic N) is 2. The van der Waals surface area contributed by atoms with Gasteiger partial charge in [-0.25, -0.2) is 4.98 Å². The summed E-state index contributed by atoms with van der Waals surface area (Å²) in [6, 6.07) is 10.9. The number of hydrogen-bond acceptors (Lipinski definition) is 3. The molecule has 0 aliphatic rings. The Hall–Kier alpha value is -2.07. The van der Waals surface area contributed by atoms with Crippen LogP contribution in [0.1, 0.15) is 22.8 Å². The second-order valence-corrected chi connectivity index (χ2v) is 4.95. The number of benzene rings is 1. The molecule has 1 heterocycles. The SMILES string of the molecule is CCN(Cc1cccc(Cl)c1)C(=O)c1cccnc1OC. The lowest BCUT2D eigenvalue weighted by Crippen LogP contribution is -2.30. The smallest absolute Gasteiger partial charge is 0.259 e. The topological polar surface area (TPSA) is 42.4 Å². The first kappa shape index (κ1) is 15.3. The van der Waals surface area contributed by atoms with Gasteiger partial charge in [0.25, 0.3) is 5.91 Å². The third kappa shape index (κ3) is 3.73. The molecule has 110 valence electrons. The van der Waals surface area contributed by atoms with Crippen molar-refractivity contribution in [2.24, 2.45) is 0 Å². The fourth-order valence-corrected chi connectivity index (χ4v) is 2.28. The lowest BCUT2D eigenvalue weighted by molar-refractivity contribution is 0.0748. The summed E-state index contributed by atoms with van der Waals surface area (Å²) in [6.45, 7) is 3.02. The summed E-state index contributed by atoms with van der Waals surface area (Å²) in [5.74, 6) is 0.231. The van der Waals surface area contributed by atoms with Gasteiger partial charge in [0.15, 0.2) is 0 Å². The fraction of sp³-hybridized carbons (Fsp3) is 0.250. The Morgan fingerprint density at radius 3 is 2.81 bits per heavy atom. The number of rotatable bonds is 5. The molecule has 4 nitrogen and oxygen atoms in total. The molecule has 0 aliphatic heterocycles. The van der Waals surface area contributed by atoms with Crippen LogP contribution in [-0.2, 0) is 6.54 Å². The van der Waals surface area contributed by atoms with Crippen LogP contribution in [0.2, 0.25) is 5.02 Å². The Kier molecular flexibility index (Phi) is 5.17. The first-order valence-electron chi connectivity index (χ1n) is 6.68. The van der Waals surface area contributed by atoms with Gasteiger partial charge in [-0.1, -0.05) is 23.7 Å². The summed E-state index contributed by atoms with van der Waals surface area (Å²) >= 11 is 5.98. The van der Waals surface area contributed by atoms with Crippen molar-refractivity contribution >= 4 is 17.5 Å². The predicted octanol–water partition coefficient (Wildman–Crippen LogP) is 3.41. The van der Waals surface area contributed by atoms with Crippen molar-refractivity contribution in [2.75, 3.05) is 13.7 Å². The van der Waals surface area contributed by atoms with Gasteiger partial charge in [0, 0.05) is 24.3 Å². The van der Waals surface area contributed by atoms with Gasteiger partial charge >= 0.3 is 0 Å². The minimum absolute atomic E-state index is 0.109. The van der Waals surface area contributed by atoms with Gasteiger partial charge in [-0.05, 0) is 36.8 Å². The predicted molar refractivity (Wildman–Crippen MR) is 82.7 cm³/mol. The molecular formula is C16H17ClN2O2. The van der Waals surface area contributed by atoms with Crippen molar-refractivity contribution < 1.29 is 9.53 Å². The van der Waals surface area contributed by atoms with Gasteiger partial charge < -0.3 is 9.64 Å². The average molecular weight is 305 g/mol. The molecule has 0 aliphatic carbocycles. The Morgan fingerprint density at radius 1 is 1.33 bits per heavy atom. The van der Waals surface area contributed by atoms with Crippen LogP contribution in [0.5, 0.6) is 5.88 Å². The van der Waals surface area contributed by atoms with Crippen LogP contribution in [0.3, 0.4) is 0 Å². The van der Waals surface area contributed by atoms with Crippen molar-refractivity contribution in [1.29, 1.82) is 0 Å². The second-order valence-electron chi connectivity index (χ2n) is 4.51. The Balaban J connectivity index is 2.22. The van der Waals surface area contributed by atoms with Gasteiger partial charge in [-0.15, -0.1) is 0 Å². The highest BCUT2D eigenvalue weighted by Gasteiger charge is 2.19. The number of ether oxygens (including phenoxy) is 1. The first-order chi connectivity index (χ1) is 10.2. The minimum Gasteiger partial charge on any atom is -0.480 e. The highest BCUT2D eigenvalue weighted by molar-refractivity contribution is 6.30. The molecule has 0 saturated carbocycles. The van der Waals surface area contributed by atoms with Crippen molar-refractivity contribution in [3.05, 3.63) is 58.7 Å². The third-order valence-corrected chi connectivity index (χ3v) is 3.36. The monoisotopic (exact) mass is 304 g/mol. The minimum atomic E-state index is -0.109. The van der Waals surface area contributed by atoms with Crippen molar-refractivity contribution in [2.45, 2.75) is 13.5 Å². The van der Waals surface area contributed by atoms with Crippen LogP contribution in [0.25, 0.3) is 0 Å². The molecule has 0 radical (unpaired) electrons. The van der Waals surface area contributed by atoms with E-state index in [0.717, 1.165) is 5.56 Å². The molecule has 1 aromatic heterocycles. The number of pyridine rings is 1. The molecule has 0 fully saturated rings. The van der Waals surface area contributed by atoms with E-state index in [4.69, 9.17) is 16.3 Å². The first-order valence-corrected chi connectivity index (χ1v) is 7.06. The van der Waals surface area contributed by atoms with Crippen LogP contribution >= 0.6 is 11.6 Å². The van der Waals surface area contributed by atoms with E-state index in [1.807, 2.05) is 31.2 Å². The highest BCUT2D eigenvalue weighted by Crippen LogP contribution is 2.18. The van der Waals surface area contributed by atoms with E-state index in [2.05, 4.69) is 4.98 Å². The second kappa shape index (κ2) is 7.09. The maximum atomic E-state index is 12.6. The summed E-state index contributed by atoms with van der Waals surface area (Å²) in [4.78, 5) is 18.4. The van der Waals surface area contributed by atoms with E-state index in [0.29, 0.717) is 29.6 Å². The van der Waals surface area contributed by atoms with Crippen LogP contribution in [0.4, 0.5) is 0 Å². The summed E-state index contributed by atoms with van der Waals surface area (Å²) < 4.78 is 5.15. The molecule has 0 atom stereocenters. The molecule has 1 amide bonds. The summed E-state index contributed by atoms with van der Waals surface area (Å²) in [5.41, 5.74) is 1.45. The van der Waals surface area contributed by atoms with Crippen molar-refractivity contribution in [3.8, 4) is 5.88 Å². The number of halogens is 1. The number of carbonyl (C=O) groups is 1. The van der Waals surface area contributed by atoms with Crippen molar-refractivity contribution in [3.63, 3.8) is 0 Å². The average Bonchev–Trinajstić information content (AvgIpc) is 2.52. The Morgan fingerprint density at radius 2 is 2.14 bits per heavy atom. The summed E-state index contributed by atoms with van der Waals surface area (Å²) in [5, 5.41) is 0.662. The highest BCUT2D eigenvalue weighted by atomic mass is 35.5. The van der Waals surface area contributed by atoms with Crippen LogP contribution in [0.15, 0.2) is 42.6 Å². The number of methoxy groups -OCH3 is 1. The molecule has 0 bridgehead atoms. The lowest BCUT2D eigenvalue weighted by atomic mass is 10.2. The van der Waals surface area contributed by atoms with Gasteiger partial charge in [-0.3, -0.25) is 4.79 Å². The zero-order valence-electron chi connectivity index (χ0n) is 12.0. The number of aromatic nitrogens is 1. The molecule has 0 saturated heterocycles. The Labute approximate surface area is 129 Å². The largest absolute Gasteiger partial charge is 0.480 e. The number of hydrogen-bond donors (Lipinski definition) is 0. The maximum absolute atomic E-state index is 12.6. The standard InChI is InChI=1S/C16H17ClN2O2/c1-3-19(11-12-6-4-7-13(17)10-12)16(20)14-8-5-9-18-15(14)21-2/h4-10H,3,11H2,1-2H3. The zero-order chi connectivity index (χ0) is 15.2. The zero-order valence-corrected chi connectivity index (χ0v) is 12.8. The molecule has 0 unspecified atom stereocenters. The van der Waals surface area contributed by atoms with E-state index in [1.165, 1.54) is 7.11 Å². The molecule has 2 rings (SSSR count). The molecule has 21 heavy (non-hydrogen) atoms. The molecule has 5 heteroatoms. The van der Waals surface area contributed by atoms with Crippen LogP contribution in [-0.4, -0.2) is 29.4 Å². The normalized spacial score (nSPS) is 10.2. The number of carbonyl (C=O) groups excluding carboxylic acids is 1. The van der Waals surface area contributed by atoms with E-state index >= 15 is 0 Å². The fourth-order valence-electron chi connectivity index (χ4n) is 2.07. The van der Waals surface area contributed by atoms with Crippen LogP contribution in [0, 0.1) is 0 Å². The van der Waals surface area contributed by atoms with Crippen molar-refractivity contribution in [1.82, 2.24) is 9.88 Å². The van der Waals surface area contributed by atoms with E-state index in [9.17, 15) is 4.79 Å². The summed E-state index contributed by atoms with van der Waals surface area (Å²) in [6.07, 6.45) is 1.60. The van der Waals surface area contributed by atoms with E-state index in [-0.39, 0.29) is 5.91 Å². The van der Waals surface area contributed by atoms with E-state index < -0.39 is 0 Å². The molecule has 2 aromatic rings. The Bertz CT molecular complexity index is 631. The van der Waals surface area contributed by atoms with Gasteiger partial charge in [0.1, 0.15) is 5.56 Å². The lowest BCUT2D eigenvalue weighted by Gasteiger charge is -2.21. The number of amides is 1. The van der Waals surface area contributed by atoms with Gasteiger partial charge in [0.05, 0.1) is 7.11 Å². The third-order valence-electron chi connectivity index (χ3n) is 3.13. The van der Waals surface area contributed by atoms with Gasteiger partial charge in [0.2, 0.25) is 5.88 Å². The molecule has 0 spiro atoms. The van der Waals surface area contributed by atoms with Gasteiger partial charge in [-0.2, -0.15) is 0 Å². The molecule has 0 N–H and O–H groups in total. The van der Waals surface area contributed by atoms with E-state index in [1.54, 1.807) is 23.2 Å². The van der Waals surface area contributed by atoms with Crippen LogP contribution < -0.4 is 4.74 Å².